The largest absolute Gasteiger partial charge is 0.461 e. The van der Waals surface area contributed by atoms with Crippen molar-refractivity contribution in [1.29, 1.82) is 0 Å². The number of hydrogen-bond donors (Lipinski definition) is 1. The van der Waals surface area contributed by atoms with Gasteiger partial charge >= 0.3 is 5.97 Å². The van der Waals surface area contributed by atoms with Gasteiger partial charge in [0.1, 0.15) is 30.6 Å². The minimum absolute atomic E-state index is 0.101. The lowest BCUT2D eigenvalue weighted by Gasteiger charge is -2.28. The van der Waals surface area contributed by atoms with Gasteiger partial charge in [-0.1, -0.05) is 50.2 Å². The van der Waals surface area contributed by atoms with E-state index in [-0.39, 0.29) is 42.4 Å². The normalized spacial score (nSPS) is 14.1. The smallest absolute Gasteiger partial charge is 0.313 e. The highest BCUT2D eigenvalue weighted by Crippen LogP contribution is 2.28. The van der Waals surface area contributed by atoms with Crippen LogP contribution in [0.1, 0.15) is 26.1 Å². The van der Waals surface area contributed by atoms with E-state index in [1.54, 1.807) is 24.3 Å². The molecule has 0 saturated heterocycles. The molecule has 1 aliphatic heterocycles. The van der Waals surface area contributed by atoms with Gasteiger partial charge in [-0.3, -0.25) is 19.7 Å². The van der Waals surface area contributed by atoms with Gasteiger partial charge in [0.15, 0.2) is 5.82 Å². The summed E-state index contributed by atoms with van der Waals surface area (Å²) in [5, 5.41) is 3.37. The van der Waals surface area contributed by atoms with Crippen LogP contribution in [0.2, 0.25) is 5.02 Å². The molecule has 3 rings (SSSR count). The van der Waals surface area contributed by atoms with E-state index in [2.05, 4.69) is 21.3 Å². The van der Waals surface area contributed by atoms with Crippen molar-refractivity contribution in [3.63, 3.8) is 0 Å². The monoisotopic (exact) mass is 504 g/mol. The number of benzene rings is 1. The standard InChI is InChI=1S/C23H25ClN4O5S/c1-4-9-32-21(30)12-19-25-23(34-27-19)26-22(31)17(10-14(2)3)28-13-15(11-20(28)29)33-18-8-6-5-7-16(18)24/h4-8,11,14,17H,1,9-10,12-13H2,2-3H3,(H,25,26,27,31)/t17-/m0/s1. The van der Waals surface area contributed by atoms with Crippen LogP contribution in [0.5, 0.6) is 5.75 Å². The number of carbonyl (C=O) groups excluding carboxylic acids is 3. The molecule has 1 aromatic carbocycles. The van der Waals surface area contributed by atoms with Crippen molar-refractivity contribution >= 4 is 46.0 Å². The first-order chi connectivity index (χ1) is 16.3. The van der Waals surface area contributed by atoms with Crippen LogP contribution in [-0.4, -0.2) is 51.2 Å². The Hall–Kier alpha value is -3.24. The van der Waals surface area contributed by atoms with Crippen molar-refractivity contribution < 1.29 is 23.9 Å². The first kappa shape index (κ1) is 25.4. The van der Waals surface area contributed by atoms with Gasteiger partial charge < -0.3 is 14.4 Å². The van der Waals surface area contributed by atoms with Gasteiger partial charge in [-0.2, -0.15) is 4.37 Å². The summed E-state index contributed by atoms with van der Waals surface area (Å²) in [5.41, 5.74) is 0. The van der Waals surface area contributed by atoms with Crippen molar-refractivity contribution in [3.8, 4) is 5.75 Å². The second-order valence-corrected chi connectivity index (χ2v) is 9.07. The first-order valence-corrected chi connectivity index (χ1v) is 11.8. The molecule has 1 atom stereocenters. The number of nitrogens with zero attached hydrogens (tertiary/aromatic N) is 3. The molecule has 2 amide bonds. The summed E-state index contributed by atoms with van der Waals surface area (Å²) in [6.45, 7) is 7.64. The third-order valence-electron chi connectivity index (χ3n) is 4.71. The van der Waals surface area contributed by atoms with E-state index in [0.29, 0.717) is 23.0 Å². The number of amides is 2. The SMILES string of the molecule is C=CCOC(=O)Cc1nsc(NC(=O)[C@H](CC(C)C)N2CC(Oc3ccccc3Cl)=CC2=O)n1. The molecule has 0 aliphatic carbocycles. The number of hydrogen-bond acceptors (Lipinski definition) is 8. The maximum absolute atomic E-state index is 13.1. The lowest BCUT2D eigenvalue weighted by atomic mass is 10.0. The number of carbonyl (C=O) groups is 3. The first-order valence-electron chi connectivity index (χ1n) is 10.6. The number of anilines is 1. The number of para-hydroxylation sites is 1. The zero-order valence-corrected chi connectivity index (χ0v) is 20.4. The highest BCUT2D eigenvalue weighted by atomic mass is 35.5. The number of esters is 1. The summed E-state index contributed by atoms with van der Waals surface area (Å²) in [6.07, 6.45) is 3.14. The minimum Gasteiger partial charge on any atom is -0.461 e. The molecule has 0 saturated carbocycles. The summed E-state index contributed by atoms with van der Waals surface area (Å²) < 4.78 is 14.8. The van der Waals surface area contributed by atoms with Crippen LogP contribution in [-0.2, 0) is 25.5 Å². The molecule has 0 bridgehead atoms. The Labute approximate surface area is 206 Å². The summed E-state index contributed by atoms with van der Waals surface area (Å²) >= 11 is 7.10. The van der Waals surface area contributed by atoms with Crippen molar-refractivity contribution in [2.45, 2.75) is 32.7 Å². The molecule has 1 aromatic heterocycles. The molecule has 1 aliphatic rings. The highest BCUT2D eigenvalue weighted by Gasteiger charge is 2.35. The molecule has 11 heteroatoms. The Kier molecular flexibility index (Phi) is 8.78. The third-order valence-corrected chi connectivity index (χ3v) is 5.69. The number of nitrogens with one attached hydrogen (secondary N) is 1. The quantitative estimate of drug-likeness (QED) is 0.367. The third kappa shape index (κ3) is 6.88. The predicted octanol–water partition coefficient (Wildman–Crippen LogP) is 3.62. The van der Waals surface area contributed by atoms with E-state index >= 15 is 0 Å². The molecule has 2 aromatic rings. The van der Waals surface area contributed by atoms with Gasteiger partial charge in [0, 0.05) is 17.6 Å². The molecule has 2 heterocycles. The average Bonchev–Trinajstić information content (AvgIpc) is 3.37. The summed E-state index contributed by atoms with van der Waals surface area (Å²) in [6, 6.07) is 6.20. The molecule has 180 valence electrons. The van der Waals surface area contributed by atoms with Crippen LogP contribution in [0.25, 0.3) is 0 Å². The van der Waals surface area contributed by atoms with E-state index in [1.165, 1.54) is 17.1 Å². The van der Waals surface area contributed by atoms with Crippen molar-refractivity contribution in [2.24, 2.45) is 5.92 Å². The van der Waals surface area contributed by atoms with Crippen molar-refractivity contribution in [2.75, 3.05) is 18.5 Å². The second kappa shape index (κ2) is 11.8. The Balaban J connectivity index is 1.66. The molecular weight excluding hydrogens is 480 g/mol. The van der Waals surface area contributed by atoms with E-state index in [0.717, 1.165) is 11.5 Å². The fraction of sp³-hybridized carbons (Fsp3) is 0.348. The Morgan fingerprint density at radius 1 is 1.35 bits per heavy atom. The van der Waals surface area contributed by atoms with Crippen LogP contribution < -0.4 is 10.1 Å². The van der Waals surface area contributed by atoms with Gasteiger partial charge in [-0.15, -0.1) is 0 Å². The van der Waals surface area contributed by atoms with Gasteiger partial charge in [-0.05, 0) is 24.5 Å². The Morgan fingerprint density at radius 3 is 2.82 bits per heavy atom. The number of aromatic nitrogens is 2. The van der Waals surface area contributed by atoms with Gasteiger partial charge in [-0.25, -0.2) is 4.98 Å². The van der Waals surface area contributed by atoms with Gasteiger partial charge in [0.05, 0.1) is 11.6 Å². The molecule has 0 spiro atoms. The maximum atomic E-state index is 13.1. The lowest BCUT2D eigenvalue weighted by Crippen LogP contribution is -2.46. The van der Waals surface area contributed by atoms with Crippen molar-refractivity contribution in [3.05, 3.63) is 59.6 Å². The van der Waals surface area contributed by atoms with E-state index in [4.69, 9.17) is 21.1 Å². The van der Waals surface area contributed by atoms with Gasteiger partial charge in [0.25, 0.3) is 5.91 Å². The van der Waals surface area contributed by atoms with E-state index in [1.807, 2.05) is 13.8 Å². The lowest BCUT2D eigenvalue weighted by molar-refractivity contribution is -0.141. The van der Waals surface area contributed by atoms with Crippen LogP contribution >= 0.6 is 23.1 Å². The zero-order chi connectivity index (χ0) is 24.7. The fourth-order valence-electron chi connectivity index (χ4n) is 3.23. The van der Waals surface area contributed by atoms with Crippen LogP contribution in [0.15, 0.2) is 48.8 Å². The molecule has 0 fully saturated rings. The number of halogens is 1. The molecule has 0 unspecified atom stereocenters. The summed E-state index contributed by atoms with van der Waals surface area (Å²) in [5.74, 6) is -0.00478. The van der Waals surface area contributed by atoms with Crippen LogP contribution in [0, 0.1) is 5.92 Å². The predicted molar refractivity (Wildman–Crippen MR) is 129 cm³/mol. The molecule has 34 heavy (non-hydrogen) atoms. The second-order valence-electron chi connectivity index (χ2n) is 7.91. The number of rotatable bonds is 11. The topological polar surface area (TPSA) is 111 Å². The van der Waals surface area contributed by atoms with E-state index in [9.17, 15) is 14.4 Å². The highest BCUT2D eigenvalue weighted by molar-refractivity contribution is 7.09. The van der Waals surface area contributed by atoms with Crippen LogP contribution in [0.4, 0.5) is 5.13 Å². The summed E-state index contributed by atoms with van der Waals surface area (Å²) in [4.78, 5) is 43.2. The fourth-order valence-corrected chi connectivity index (χ4v) is 3.99. The zero-order valence-electron chi connectivity index (χ0n) is 18.8. The molecule has 0 radical (unpaired) electrons. The minimum atomic E-state index is -0.749. The Bertz CT molecular complexity index is 1100. The summed E-state index contributed by atoms with van der Waals surface area (Å²) in [7, 11) is 0. The number of ether oxygens (including phenoxy) is 2. The molecule has 9 nitrogen and oxygen atoms in total. The molecular formula is C23H25ClN4O5S. The van der Waals surface area contributed by atoms with E-state index < -0.39 is 17.9 Å². The Morgan fingerprint density at radius 2 is 2.12 bits per heavy atom. The molecule has 1 N–H and O–H groups in total. The van der Waals surface area contributed by atoms with Gasteiger partial charge in [0.2, 0.25) is 11.0 Å². The maximum Gasteiger partial charge on any atom is 0.313 e. The van der Waals surface area contributed by atoms with Crippen LogP contribution in [0.3, 0.4) is 0 Å². The average molecular weight is 505 g/mol. The van der Waals surface area contributed by atoms with Crippen molar-refractivity contribution in [1.82, 2.24) is 14.3 Å².